The topological polar surface area (TPSA) is 140 Å². The lowest BCUT2D eigenvalue weighted by Gasteiger charge is -2.21. The van der Waals surface area contributed by atoms with Gasteiger partial charge < -0.3 is 19.7 Å². The highest BCUT2D eigenvalue weighted by Crippen LogP contribution is 2.32. The number of H-pyrrole nitrogens is 1. The Morgan fingerprint density at radius 1 is 1.19 bits per heavy atom. The number of ether oxygens (including phenoxy) is 2. The van der Waals surface area contributed by atoms with Crippen molar-refractivity contribution < 1.29 is 24.0 Å². The van der Waals surface area contributed by atoms with Crippen LogP contribution in [0.3, 0.4) is 0 Å². The van der Waals surface area contributed by atoms with E-state index in [2.05, 4.69) is 15.5 Å². The minimum atomic E-state index is -0.543. The third kappa shape index (κ3) is 4.10. The number of fused-ring (bicyclic) bond motifs is 2. The number of carbonyl (C=O) groups is 2. The molecule has 160 valence electrons. The van der Waals surface area contributed by atoms with Crippen LogP contribution in [0, 0.1) is 10.1 Å². The standard InChI is InChI=1S/C20H19N5O6/c1-2-24(11-18(26)21-12-3-6-16-17(9-12)31-8-7-30-16)20(27)19-14-10-13(25(28)29)4-5-15(14)22-23-19/h3-6,9-10H,2,7-8,11H2,1H3,(H,21,26)(H,22,23). The molecule has 0 fully saturated rings. The number of amides is 2. The molecule has 2 N–H and O–H groups in total. The molecule has 0 spiro atoms. The minimum Gasteiger partial charge on any atom is -0.486 e. The monoisotopic (exact) mass is 425 g/mol. The predicted octanol–water partition coefficient (Wildman–Crippen LogP) is 2.34. The molecule has 0 unspecified atom stereocenters. The predicted molar refractivity (Wildman–Crippen MR) is 110 cm³/mol. The normalized spacial score (nSPS) is 12.4. The number of nitro groups is 1. The van der Waals surface area contributed by atoms with Crippen molar-refractivity contribution in [1.29, 1.82) is 0 Å². The van der Waals surface area contributed by atoms with Gasteiger partial charge in [-0.1, -0.05) is 0 Å². The number of hydrogen-bond acceptors (Lipinski definition) is 7. The lowest BCUT2D eigenvalue weighted by molar-refractivity contribution is -0.384. The first kappa shape index (κ1) is 20.1. The van der Waals surface area contributed by atoms with Gasteiger partial charge in [-0.05, 0) is 25.1 Å². The van der Waals surface area contributed by atoms with E-state index in [1.807, 2.05) is 0 Å². The van der Waals surface area contributed by atoms with Crippen molar-refractivity contribution in [3.8, 4) is 11.5 Å². The molecule has 2 amide bonds. The third-order valence-corrected chi connectivity index (χ3v) is 4.79. The lowest BCUT2D eigenvalue weighted by Crippen LogP contribution is -2.38. The van der Waals surface area contributed by atoms with Gasteiger partial charge in [-0.2, -0.15) is 5.10 Å². The Balaban J connectivity index is 1.49. The van der Waals surface area contributed by atoms with Gasteiger partial charge in [0.05, 0.1) is 10.4 Å². The second-order valence-electron chi connectivity index (χ2n) is 6.79. The Hall–Kier alpha value is -4.15. The van der Waals surface area contributed by atoms with E-state index in [1.54, 1.807) is 25.1 Å². The largest absolute Gasteiger partial charge is 0.486 e. The molecule has 0 saturated heterocycles. The number of hydrogen-bond donors (Lipinski definition) is 2. The molecule has 4 rings (SSSR count). The first-order valence-corrected chi connectivity index (χ1v) is 9.57. The SMILES string of the molecule is CCN(CC(=O)Nc1ccc2c(c1)OCCO2)C(=O)c1n[nH]c2ccc([N+](=O)[O-])cc12. The molecule has 11 heteroatoms. The maximum absolute atomic E-state index is 13.0. The number of nitrogens with zero attached hydrogens (tertiary/aromatic N) is 3. The Bertz CT molecular complexity index is 1170. The van der Waals surface area contributed by atoms with Crippen molar-refractivity contribution in [2.24, 2.45) is 0 Å². The third-order valence-electron chi connectivity index (χ3n) is 4.79. The van der Waals surface area contributed by atoms with Gasteiger partial charge in [-0.3, -0.25) is 24.8 Å². The van der Waals surface area contributed by atoms with E-state index >= 15 is 0 Å². The van der Waals surface area contributed by atoms with E-state index in [0.717, 1.165) is 0 Å². The molecule has 1 aliphatic rings. The van der Waals surface area contributed by atoms with Crippen molar-refractivity contribution in [3.05, 3.63) is 52.2 Å². The van der Waals surface area contributed by atoms with Gasteiger partial charge in [0.2, 0.25) is 5.91 Å². The summed E-state index contributed by atoms with van der Waals surface area (Å²) >= 11 is 0. The summed E-state index contributed by atoms with van der Waals surface area (Å²) in [5, 5.41) is 20.8. The molecular weight excluding hydrogens is 406 g/mol. The van der Waals surface area contributed by atoms with Crippen LogP contribution < -0.4 is 14.8 Å². The summed E-state index contributed by atoms with van der Waals surface area (Å²) in [5.74, 6) is 0.232. The van der Waals surface area contributed by atoms with Gasteiger partial charge in [0.25, 0.3) is 11.6 Å². The highest BCUT2D eigenvalue weighted by atomic mass is 16.6. The Morgan fingerprint density at radius 3 is 2.71 bits per heavy atom. The quantitative estimate of drug-likeness (QED) is 0.456. The van der Waals surface area contributed by atoms with Gasteiger partial charge in [-0.15, -0.1) is 0 Å². The van der Waals surface area contributed by atoms with E-state index in [0.29, 0.717) is 41.3 Å². The zero-order valence-electron chi connectivity index (χ0n) is 16.6. The number of non-ortho nitro benzene ring substituents is 1. The van der Waals surface area contributed by atoms with Crippen LogP contribution in [0.15, 0.2) is 36.4 Å². The van der Waals surface area contributed by atoms with Crippen molar-refractivity contribution in [2.45, 2.75) is 6.92 Å². The number of aromatic amines is 1. The Kier molecular flexibility index (Phi) is 5.39. The highest BCUT2D eigenvalue weighted by Gasteiger charge is 2.23. The average Bonchev–Trinajstić information content (AvgIpc) is 3.20. The van der Waals surface area contributed by atoms with E-state index in [1.165, 1.54) is 23.1 Å². The van der Waals surface area contributed by atoms with Crippen LogP contribution in [-0.4, -0.2) is 58.1 Å². The van der Waals surface area contributed by atoms with Crippen molar-refractivity contribution in [2.75, 3.05) is 31.6 Å². The van der Waals surface area contributed by atoms with Crippen LogP contribution in [0.25, 0.3) is 10.9 Å². The molecule has 0 atom stereocenters. The molecule has 3 aromatic rings. The van der Waals surface area contributed by atoms with Gasteiger partial charge in [0.15, 0.2) is 17.2 Å². The van der Waals surface area contributed by atoms with E-state index < -0.39 is 16.7 Å². The zero-order valence-corrected chi connectivity index (χ0v) is 16.6. The molecule has 0 saturated carbocycles. The summed E-state index contributed by atoms with van der Waals surface area (Å²) in [5.41, 5.74) is 0.874. The van der Waals surface area contributed by atoms with Crippen molar-refractivity contribution in [1.82, 2.24) is 15.1 Å². The van der Waals surface area contributed by atoms with Gasteiger partial charge in [0.1, 0.15) is 19.8 Å². The van der Waals surface area contributed by atoms with Crippen LogP contribution in [-0.2, 0) is 4.79 Å². The number of rotatable bonds is 6. The Labute approximate surface area is 176 Å². The first-order chi connectivity index (χ1) is 15.0. The van der Waals surface area contributed by atoms with Crippen LogP contribution in [0.2, 0.25) is 0 Å². The zero-order chi connectivity index (χ0) is 22.0. The molecule has 0 aliphatic carbocycles. The number of nitro benzene ring substituents is 1. The van der Waals surface area contributed by atoms with Crippen LogP contribution >= 0.6 is 0 Å². The number of likely N-dealkylation sites (N-methyl/N-ethyl adjacent to an activating group) is 1. The summed E-state index contributed by atoms with van der Waals surface area (Å²) in [7, 11) is 0. The van der Waals surface area contributed by atoms with Crippen LogP contribution in [0.4, 0.5) is 11.4 Å². The first-order valence-electron chi connectivity index (χ1n) is 9.57. The summed E-state index contributed by atoms with van der Waals surface area (Å²) < 4.78 is 11.0. The van der Waals surface area contributed by atoms with Crippen molar-refractivity contribution >= 4 is 34.1 Å². The smallest absolute Gasteiger partial charge is 0.275 e. The Morgan fingerprint density at radius 2 is 1.97 bits per heavy atom. The maximum atomic E-state index is 13.0. The lowest BCUT2D eigenvalue weighted by atomic mass is 10.1. The molecule has 2 heterocycles. The van der Waals surface area contributed by atoms with Crippen LogP contribution in [0.1, 0.15) is 17.4 Å². The maximum Gasteiger partial charge on any atom is 0.275 e. The van der Waals surface area contributed by atoms with Gasteiger partial charge in [0, 0.05) is 35.8 Å². The molecule has 0 radical (unpaired) electrons. The van der Waals surface area contributed by atoms with Gasteiger partial charge >= 0.3 is 0 Å². The molecule has 1 aliphatic heterocycles. The van der Waals surface area contributed by atoms with E-state index in [9.17, 15) is 19.7 Å². The summed E-state index contributed by atoms with van der Waals surface area (Å²) in [6, 6.07) is 9.15. The number of carbonyl (C=O) groups excluding carboxylic acids is 2. The minimum absolute atomic E-state index is 0.0210. The molecule has 1 aromatic heterocycles. The summed E-state index contributed by atoms with van der Waals surface area (Å²) in [6.45, 7) is 2.66. The number of benzene rings is 2. The van der Waals surface area contributed by atoms with Crippen LogP contribution in [0.5, 0.6) is 11.5 Å². The molecule has 0 bridgehead atoms. The number of nitrogens with one attached hydrogen (secondary N) is 2. The highest BCUT2D eigenvalue weighted by molar-refractivity contribution is 6.06. The fraction of sp³-hybridized carbons (Fsp3) is 0.250. The fourth-order valence-electron chi connectivity index (χ4n) is 3.25. The fourth-order valence-corrected chi connectivity index (χ4v) is 3.25. The molecule has 31 heavy (non-hydrogen) atoms. The summed E-state index contributed by atoms with van der Waals surface area (Å²) in [4.78, 5) is 37.3. The number of anilines is 1. The van der Waals surface area contributed by atoms with Crippen molar-refractivity contribution in [3.63, 3.8) is 0 Å². The molecule has 11 nitrogen and oxygen atoms in total. The summed E-state index contributed by atoms with van der Waals surface area (Å²) in [6.07, 6.45) is 0. The molecule has 2 aromatic carbocycles. The second-order valence-corrected chi connectivity index (χ2v) is 6.79. The van der Waals surface area contributed by atoms with Gasteiger partial charge in [-0.25, -0.2) is 0 Å². The number of aromatic nitrogens is 2. The second kappa shape index (κ2) is 8.30. The average molecular weight is 425 g/mol. The van der Waals surface area contributed by atoms with E-state index in [-0.39, 0.29) is 24.5 Å². The van der Waals surface area contributed by atoms with E-state index in [4.69, 9.17) is 9.47 Å². The molecular formula is C20H19N5O6.